The van der Waals surface area contributed by atoms with Crippen molar-refractivity contribution >= 4 is 27.3 Å². The number of halogens is 2. The quantitative estimate of drug-likeness (QED) is 0.732. The Labute approximate surface area is 187 Å². The van der Waals surface area contributed by atoms with Crippen LogP contribution in [0.3, 0.4) is 0 Å². The van der Waals surface area contributed by atoms with Crippen LogP contribution in [0.5, 0.6) is 0 Å². The van der Waals surface area contributed by atoms with Crippen molar-refractivity contribution < 1.29 is 17.9 Å². The number of piperidine rings is 1. The molecule has 0 spiro atoms. The first-order valence-electron chi connectivity index (χ1n) is 10.5. The Bertz CT molecular complexity index is 986. The van der Waals surface area contributed by atoms with E-state index in [0.717, 1.165) is 31.9 Å². The van der Waals surface area contributed by atoms with Crippen molar-refractivity contribution in [3.63, 3.8) is 0 Å². The molecule has 0 unspecified atom stereocenters. The predicted octanol–water partition coefficient (Wildman–Crippen LogP) is 2.82. The molecule has 2 heterocycles. The van der Waals surface area contributed by atoms with Crippen LogP contribution >= 0.6 is 11.6 Å². The van der Waals surface area contributed by atoms with Crippen LogP contribution in [0.4, 0.5) is 10.1 Å². The van der Waals surface area contributed by atoms with E-state index in [9.17, 15) is 17.9 Å². The highest BCUT2D eigenvalue weighted by molar-refractivity contribution is 7.89. The summed E-state index contributed by atoms with van der Waals surface area (Å²) in [5.41, 5.74) is 0.102. The summed E-state index contributed by atoms with van der Waals surface area (Å²) in [4.78, 5) is 4.66. The number of aliphatic hydroxyl groups is 1. The number of rotatable bonds is 5. The van der Waals surface area contributed by atoms with Gasteiger partial charge in [0, 0.05) is 56.5 Å². The Morgan fingerprint density at radius 2 is 1.48 bits per heavy atom. The van der Waals surface area contributed by atoms with Gasteiger partial charge in [0.05, 0.1) is 10.5 Å². The van der Waals surface area contributed by atoms with Gasteiger partial charge in [-0.05, 0) is 61.4 Å². The van der Waals surface area contributed by atoms with Gasteiger partial charge in [-0.15, -0.1) is 0 Å². The average Bonchev–Trinajstić information content (AvgIpc) is 2.75. The number of nitrogens with zero attached hydrogens (tertiary/aromatic N) is 3. The number of β-amino-alcohol motifs (C(OH)–C–C–N with tert-alkyl or cyclic N) is 1. The topological polar surface area (TPSA) is 64.1 Å². The van der Waals surface area contributed by atoms with Gasteiger partial charge in [0.15, 0.2) is 0 Å². The number of piperazine rings is 1. The number of anilines is 1. The molecule has 0 radical (unpaired) electrons. The van der Waals surface area contributed by atoms with Crippen molar-refractivity contribution in [3.8, 4) is 0 Å². The Kier molecular flexibility index (Phi) is 6.55. The van der Waals surface area contributed by atoms with Crippen LogP contribution in [0.1, 0.15) is 12.8 Å². The Morgan fingerprint density at radius 1 is 0.903 bits per heavy atom. The standard InChI is InChI=1S/C22H27ClFN3O3S/c23-18-1-7-21(8-2-18)31(29,30)27-11-9-22(28,10-12-27)17-25-13-15-26(16-14-25)20-5-3-19(24)4-6-20/h1-8,28H,9-17H2. The lowest BCUT2D eigenvalue weighted by Gasteiger charge is -2.43. The second-order valence-corrected chi connectivity index (χ2v) is 10.7. The molecule has 2 aromatic rings. The average molecular weight is 468 g/mol. The van der Waals surface area contributed by atoms with E-state index in [-0.39, 0.29) is 23.8 Å². The van der Waals surface area contributed by atoms with Crippen molar-refractivity contribution in [1.82, 2.24) is 9.21 Å². The van der Waals surface area contributed by atoms with E-state index in [1.807, 2.05) is 0 Å². The molecule has 6 nitrogen and oxygen atoms in total. The van der Waals surface area contributed by atoms with Gasteiger partial charge in [0.1, 0.15) is 5.82 Å². The lowest BCUT2D eigenvalue weighted by molar-refractivity contribution is -0.0337. The Balaban J connectivity index is 1.30. The molecule has 0 amide bonds. The molecule has 1 N–H and O–H groups in total. The van der Waals surface area contributed by atoms with Crippen LogP contribution < -0.4 is 4.90 Å². The minimum atomic E-state index is -3.59. The largest absolute Gasteiger partial charge is 0.388 e. The maximum Gasteiger partial charge on any atom is 0.243 e. The summed E-state index contributed by atoms with van der Waals surface area (Å²) in [6.45, 7) is 4.31. The Hall–Kier alpha value is -1.71. The van der Waals surface area contributed by atoms with Gasteiger partial charge in [-0.2, -0.15) is 4.31 Å². The molecule has 2 aromatic carbocycles. The van der Waals surface area contributed by atoms with Crippen LogP contribution in [0.15, 0.2) is 53.4 Å². The molecule has 2 fully saturated rings. The molecule has 31 heavy (non-hydrogen) atoms. The van der Waals surface area contributed by atoms with Crippen LogP contribution in [0.25, 0.3) is 0 Å². The molecular formula is C22H27ClFN3O3S. The van der Waals surface area contributed by atoms with Gasteiger partial charge in [-0.3, -0.25) is 4.90 Å². The van der Waals surface area contributed by atoms with Crippen LogP contribution in [-0.4, -0.2) is 74.1 Å². The second-order valence-electron chi connectivity index (χ2n) is 8.32. The fraction of sp³-hybridized carbons (Fsp3) is 0.455. The highest BCUT2D eigenvalue weighted by atomic mass is 35.5. The number of hydrogen-bond donors (Lipinski definition) is 1. The fourth-order valence-corrected chi connectivity index (χ4v) is 5.86. The molecule has 9 heteroatoms. The van der Waals surface area contributed by atoms with E-state index in [1.54, 1.807) is 24.3 Å². The Morgan fingerprint density at radius 3 is 2.06 bits per heavy atom. The zero-order valence-corrected chi connectivity index (χ0v) is 18.8. The third kappa shape index (κ3) is 5.21. The monoisotopic (exact) mass is 467 g/mol. The third-order valence-electron chi connectivity index (χ3n) is 6.19. The van der Waals surface area contributed by atoms with E-state index >= 15 is 0 Å². The van der Waals surface area contributed by atoms with Crippen molar-refractivity contribution in [2.45, 2.75) is 23.3 Å². The molecule has 2 aliphatic heterocycles. The van der Waals surface area contributed by atoms with Crippen molar-refractivity contribution in [2.24, 2.45) is 0 Å². The predicted molar refractivity (Wildman–Crippen MR) is 119 cm³/mol. The lowest BCUT2D eigenvalue weighted by Crippen LogP contribution is -2.55. The summed E-state index contributed by atoms with van der Waals surface area (Å²) in [6, 6.07) is 12.7. The van der Waals surface area contributed by atoms with Crippen molar-refractivity contribution in [1.29, 1.82) is 0 Å². The van der Waals surface area contributed by atoms with E-state index in [0.29, 0.717) is 24.4 Å². The molecule has 0 atom stereocenters. The van der Waals surface area contributed by atoms with E-state index in [2.05, 4.69) is 9.80 Å². The van der Waals surface area contributed by atoms with Gasteiger partial charge in [-0.25, -0.2) is 12.8 Å². The van der Waals surface area contributed by atoms with E-state index in [1.165, 1.54) is 28.6 Å². The molecule has 0 bridgehead atoms. The molecule has 0 aromatic heterocycles. The van der Waals surface area contributed by atoms with Gasteiger partial charge in [-0.1, -0.05) is 11.6 Å². The smallest absolute Gasteiger partial charge is 0.243 e. The third-order valence-corrected chi connectivity index (χ3v) is 8.35. The highest BCUT2D eigenvalue weighted by Crippen LogP contribution is 2.28. The van der Waals surface area contributed by atoms with Gasteiger partial charge < -0.3 is 10.0 Å². The summed E-state index contributed by atoms with van der Waals surface area (Å²) in [5, 5.41) is 11.6. The normalized spacial score (nSPS) is 20.7. The fourth-order valence-electron chi connectivity index (χ4n) is 4.29. The first kappa shape index (κ1) is 22.5. The number of sulfonamides is 1. The van der Waals surface area contributed by atoms with Gasteiger partial charge in [0.25, 0.3) is 0 Å². The molecule has 168 valence electrons. The molecule has 2 aliphatic rings. The zero-order chi connectivity index (χ0) is 22.1. The summed E-state index contributed by atoms with van der Waals surface area (Å²) in [6.07, 6.45) is 0.802. The molecule has 2 saturated heterocycles. The zero-order valence-electron chi connectivity index (χ0n) is 17.3. The van der Waals surface area contributed by atoms with Crippen LogP contribution in [0.2, 0.25) is 5.02 Å². The summed E-state index contributed by atoms with van der Waals surface area (Å²) in [5.74, 6) is -0.242. The maximum atomic E-state index is 13.1. The van der Waals surface area contributed by atoms with E-state index < -0.39 is 15.6 Å². The van der Waals surface area contributed by atoms with Gasteiger partial charge in [0.2, 0.25) is 10.0 Å². The van der Waals surface area contributed by atoms with Crippen molar-refractivity contribution in [3.05, 3.63) is 59.4 Å². The number of benzene rings is 2. The van der Waals surface area contributed by atoms with Crippen LogP contribution in [0, 0.1) is 5.82 Å². The maximum absolute atomic E-state index is 13.1. The van der Waals surface area contributed by atoms with Gasteiger partial charge >= 0.3 is 0 Å². The number of hydrogen-bond acceptors (Lipinski definition) is 5. The molecular weight excluding hydrogens is 441 g/mol. The minimum Gasteiger partial charge on any atom is -0.388 e. The first-order valence-corrected chi connectivity index (χ1v) is 12.3. The van der Waals surface area contributed by atoms with Crippen LogP contribution in [-0.2, 0) is 10.0 Å². The molecule has 4 rings (SSSR count). The highest BCUT2D eigenvalue weighted by Gasteiger charge is 2.38. The summed E-state index contributed by atoms with van der Waals surface area (Å²) < 4.78 is 40.3. The van der Waals surface area contributed by atoms with Crippen molar-refractivity contribution in [2.75, 3.05) is 50.7 Å². The second kappa shape index (κ2) is 9.03. The lowest BCUT2D eigenvalue weighted by atomic mass is 9.91. The molecule has 0 saturated carbocycles. The minimum absolute atomic E-state index is 0.222. The summed E-state index contributed by atoms with van der Waals surface area (Å²) >= 11 is 5.86. The first-order chi connectivity index (χ1) is 14.7. The van der Waals surface area contributed by atoms with E-state index in [4.69, 9.17) is 11.6 Å². The summed E-state index contributed by atoms with van der Waals surface area (Å²) in [7, 11) is -3.59. The SMILES string of the molecule is O=S(=O)(c1ccc(Cl)cc1)N1CCC(O)(CN2CCN(c3ccc(F)cc3)CC2)CC1. The molecule has 0 aliphatic carbocycles.